The molecule has 2 N–H and O–H groups in total. The summed E-state index contributed by atoms with van der Waals surface area (Å²) >= 11 is 0. The van der Waals surface area contributed by atoms with E-state index in [1.807, 2.05) is 26.8 Å². The van der Waals surface area contributed by atoms with Crippen LogP contribution in [-0.2, 0) is 13.1 Å². The molecule has 4 aromatic rings. The minimum absolute atomic E-state index is 0.0543. The van der Waals surface area contributed by atoms with Crippen molar-refractivity contribution < 1.29 is 23.5 Å². The number of rotatable bonds is 9. The summed E-state index contributed by atoms with van der Waals surface area (Å²) in [6.45, 7) is 7.14. The summed E-state index contributed by atoms with van der Waals surface area (Å²) in [7, 11) is 3.36. The van der Waals surface area contributed by atoms with Crippen molar-refractivity contribution in [2.24, 2.45) is 0 Å². The second-order valence-corrected chi connectivity index (χ2v) is 9.54. The van der Waals surface area contributed by atoms with Gasteiger partial charge in [-0.1, -0.05) is 5.16 Å². The van der Waals surface area contributed by atoms with Crippen LogP contribution in [0.25, 0.3) is 22.6 Å². The summed E-state index contributed by atoms with van der Waals surface area (Å²) in [5, 5.41) is 17.0. The van der Waals surface area contributed by atoms with Crippen LogP contribution in [0.5, 0.6) is 11.5 Å². The van der Waals surface area contributed by atoms with Crippen molar-refractivity contribution in [2.45, 2.75) is 40.0 Å². The number of nitrogens with one attached hydrogen (secondary N) is 1. The van der Waals surface area contributed by atoms with Gasteiger partial charge in [-0.2, -0.15) is 0 Å². The van der Waals surface area contributed by atoms with Gasteiger partial charge in [0.1, 0.15) is 41.6 Å². The van der Waals surface area contributed by atoms with Crippen molar-refractivity contribution in [3.8, 4) is 34.1 Å². The van der Waals surface area contributed by atoms with Crippen LogP contribution in [0, 0.1) is 26.6 Å². The molecule has 39 heavy (non-hydrogen) atoms. The van der Waals surface area contributed by atoms with Crippen molar-refractivity contribution in [3.63, 3.8) is 0 Å². The van der Waals surface area contributed by atoms with Crippen molar-refractivity contribution >= 4 is 5.82 Å². The molecule has 0 saturated heterocycles. The summed E-state index contributed by atoms with van der Waals surface area (Å²) in [5.41, 5.74) is 5.00. The summed E-state index contributed by atoms with van der Waals surface area (Å²) in [6, 6.07) is 6.36. The van der Waals surface area contributed by atoms with Gasteiger partial charge >= 0.3 is 0 Å². The number of pyridine rings is 1. The third-order valence-corrected chi connectivity index (χ3v) is 6.72. The standard InChI is InChI=1S/C28H31FN6O4/c1-15-26(25-16(2)34-39-17(25)3)32-27(22-9-20(6-7-23(22)29)38-14-19(36)10-30-4)33-28(15)35-12-18-8-21(37-5)11-31-24(18)13-35/h6-9,11,19,30,36H,10,12-14H2,1-5H3. The Morgan fingerprint density at radius 3 is 2.69 bits per heavy atom. The molecule has 0 amide bonds. The molecule has 3 aromatic heterocycles. The van der Waals surface area contributed by atoms with E-state index in [-0.39, 0.29) is 18.0 Å². The number of methoxy groups -OCH3 is 1. The molecule has 0 saturated carbocycles. The maximum atomic E-state index is 15.3. The van der Waals surface area contributed by atoms with Gasteiger partial charge < -0.3 is 29.3 Å². The minimum atomic E-state index is -0.707. The average Bonchev–Trinajstić information content (AvgIpc) is 3.50. The summed E-state index contributed by atoms with van der Waals surface area (Å²) in [4.78, 5) is 16.3. The van der Waals surface area contributed by atoms with E-state index < -0.39 is 11.9 Å². The van der Waals surface area contributed by atoms with Crippen molar-refractivity contribution in [2.75, 3.05) is 32.2 Å². The van der Waals surface area contributed by atoms with E-state index in [9.17, 15) is 5.11 Å². The van der Waals surface area contributed by atoms with E-state index in [0.29, 0.717) is 54.1 Å². The quantitative estimate of drug-likeness (QED) is 0.329. The zero-order chi connectivity index (χ0) is 27.7. The number of aliphatic hydroxyl groups is 1. The molecule has 10 nitrogen and oxygen atoms in total. The monoisotopic (exact) mass is 534 g/mol. The Kier molecular flexibility index (Phi) is 7.45. The molecule has 1 atom stereocenters. The number of benzene rings is 1. The van der Waals surface area contributed by atoms with Gasteiger partial charge in [-0.15, -0.1) is 0 Å². The molecule has 1 aliphatic heterocycles. The van der Waals surface area contributed by atoms with Crippen LogP contribution < -0.4 is 19.7 Å². The Hall–Kier alpha value is -4.09. The Labute approximate surface area is 225 Å². The van der Waals surface area contributed by atoms with E-state index in [1.165, 1.54) is 12.1 Å². The average molecular weight is 535 g/mol. The first-order valence-corrected chi connectivity index (χ1v) is 12.6. The number of aliphatic hydroxyl groups excluding tert-OH is 1. The molecular weight excluding hydrogens is 503 g/mol. The second-order valence-electron chi connectivity index (χ2n) is 9.54. The fourth-order valence-electron chi connectivity index (χ4n) is 4.75. The fraction of sp³-hybridized carbons (Fsp3) is 0.357. The van der Waals surface area contributed by atoms with Crippen LogP contribution in [0.3, 0.4) is 0 Å². The zero-order valence-electron chi connectivity index (χ0n) is 22.6. The van der Waals surface area contributed by atoms with Crippen LogP contribution in [0.1, 0.15) is 28.3 Å². The number of hydrogen-bond donors (Lipinski definition) is 2. The lowest BCUT2D eigenvalue weighted by Crippen LogP contribution is -2.29. The molecule has 1 aliphatic rings. The molecule has 0 spiro atoms. The number of likely N-dealkylation sites (N-methyl/N-ethyl adjacent to an activating group) is 1. The number of nitrogens with zero attached hydrogens (tertiary/aromatic N) is 5. The summed E-state index contributed by atoms with van der Waals surface area (Å²) in [5.74, 6) is 2.06. The Morgan fingerprint density at radius 2 is 1.97 bits per heavy atom. The van der Waals surface area contributed by atoms with Crippen LogP contribution in [0.2, 0.25) is 0 Å². The number of hydrogen-bond acceptors (Lipinski definition) is 10. The smallest absolute Gasteiger partial charge is 0.165 e. The highest BCUT2D eigenvalue weighted by Gasteiger charge is 2.28. The van der Waals surface area contributed by atoms with Crippen LogP contribution in [-0.4, -0.2) is 58.6 Å². The second kappa shape index (κ2) is 11.0. The molecule has 5 rings (SSSR count). The molecule has 0 radical (unpaired) electrons. The number of anilines is 1. The van der Waals surface area contributed by atoms with E-state index in [1.54, 1.807) is 26.4 Å². The lowest BCUT2D eigenvalue weighted by molar-refractivity contribution is 0.108. The highest BCUT2D eigenvalue weighted by molar-refractivity contribution is 5.75. The topological polar surface area (TPSA) is 119 Å². The highest BCUT2D eigenvalue weighted by atomic mass is 19.1. The Bertz CT molecular complexity index is 1490. The molecular formula is C28H31FN6O4. The number of fused-ring (bicyclic) bond motifs is 1. The lowest BCUT2D eigenvalue weighted by Gasteiger charge is -2.21. The molecule has 0 bridgehead atoms. The largest absolute Gasteiger partial charge is 0.495 e. The molecule has 1 aromatic carbocycles. The molecule has 0 fully saturated rings. The maximum absolute atomic E-state index is 15.3. The predicted octanol–water partition coefficient (Wildman–Crippen LogP) is 3.75. The molecule has 0 aliphatic carbocycles. The molecule has 4 heterocycles. The lowest BCUT2D eigenvalue weighted by atomic mass is 10.0. The van der Waals surface area contributed by atoms with Crippen molar-refractivity contribution in [1.29, 1.82) is 0 Å². The van der Waals surface area contributed by atoms with Crippen LogP contribution in [0.15, 0.2) is 35.0 Å². The van der Waals surface area contributed by atoms with Gasteiger partial charge in [0.25, 0.3) is 0 Å². The van der Waals surface area contributed by atoms with Gasteiger partial charge in [-0.05, 0) is 57.6 Å². The first kappa shape index (κ1) is 26.5. The Morgan fingerprint density at radius 1 is 1.15 bits per heavy atom. The Balaban J connectivity index is 1.59. The van der Waals surface area contributed by atoms with E-state index in [4.69, 9.17) is 24.0 Å². The maximum Gasteiger partial charge on any atom is 0.165 e. The summed E-state index contributed by atoms with van der Waals surface area (Å²) in [6.07, 6.45) is 0.991. The SMILES string of the molecule is CNCC(O)COc1ccc(F)c(-c2nc(-c3c(C)noc3C)c(C)c(N3Cc4cc(OC)cnc4C3)n2)c1. The van der Waals surface area contributed by atoms with Crippen LogP contribution in [0.4, 0.5) is 10.2 Å². The number of aryl methyl sites for hydroxylation is 2. The highest BCUT2D eigenvalue weighted by Crippen LogP contribution is 2.38. The molecule has 11 heteroatoms. The van der Waals surface area contributed by atoms with Crippen LogP contribution >= 0.6 is 0 Å². The van der Waals surface area contributed by atoms with E-state index >= 15 is 4.39 Å². The van der Waals surface area contributed by atoms with E-state index in [2.05, 4.69) is 20.4 Å². The normalized spacial score (nSPS) is 13.5. The van der Waals surface area contributed by atoms with E-state index in [0.717, 1.165) is 22.4 Å². The number of halogens is 1. The number of aromatic nitrogens is 4. The number of ether oxygens (including phenoxy) is 2. The van der Waals surface area contributed by atoms with Crippen molar-refractivity contribution in [3.05, 3.63) is 64.6 Å². The first-order chi connectivity index (χ1) is 18.8. The summed E-state index contributed by atoms with van der Waals surface area (Å²) < 4.78 is 31.8. The van der Waals surface area contributed by atoms with Crippen molar-refractivity contribution in [1.82, 2.24) is 25.4 Å². The third-order valence-electron chi connectivity index (χ3n) is 6.72. The van der Waals surface area contributed by atoms with Gasteiger partial charge in [0.15, 0.2) is 5.82 Å². The zero-order valence-corrected chi connectivity index (χ0v) is 22.6. The third kappa shape index (κ3) is 5.27. The molecule has 204 valence electrons. The fourth-order valence-corrected chi connectivity index (χ4v) is 4.75. The first-order valence-electron chi connectivity index (χ1n) is 12.6. The van der Waals surface area contributed by atoms with Gasteiger partial charge in [0, 0.05) is 18.7 Å². The van der Waals surface area contributed by atoms with Gasteiger partial charge in [0.05, 0.1) is 48.1 Å². The predicted molar refractivity (Wildman–Crippen MR) is 143 cm³/mol. The minimum Gasteiger partial charge on any atom is -0.495 e. The van der Waals surface area contributed by atoms with Gasteiger partial charge in [-0.25, -0.2) is 14.4 Å². The molecule has 1 unspecified atom stereocenters. The van der Waals surface area contributed by atoms with Gasteiger partial charge in [0.2, 0.25) is 0 Å². The van der Waals surface area contributed by atoms with Gasteiger partial charge in [-0.3, -0.25) is 4.98 Å².